The highest BCUT2D eigenvalue weighted by Gasteiger charge is 2.14. The zero-order valence-electron chi connectivity index (χ0n) is 11.5. The molecule has 2 aromatic carbocycles. The van der Waals surface area contributed by atoms with Crippen LogP contribution in [0.3, 0.4) is 0 Å². The van der Waals surface area contributed by atoms with Crippen molar-refractivity contribution < 1.29 is 9.53 Å². The Morgan fingerprint density at radius 2 is 1.90 bits per heavy atom. The number of hydrogen-bond acceptors (Lipinski definition) is 3. The highest BCUT2D eigenvalue weighted by molar-refractivity contribution is 5.94. The summed E-state index contributed by atoms with van der Waals surface area (Å²) in [5, 5.41) is 0. The molecule has 0 unspecified atom stereocenters. The molecule has 4 nitrogen and oxygen atoms in total. The largest absolute Gasteiger partial charge is 0.484 e. The lowest BCUT2D eigenvalue weighted by Gasteiger charge is -2.21. The van der Waals surface area contributed by atoms with E-state index >= 15 is 0 Å². The Morgan fingerprint density at radius 3 is 2.55 bits per heavy atom. The Balaban J connectivity index is 2.00. The second kappa shape index (κ2) is 6.61. The van der Waals surface area contributed by atoms with Crippen LogP contribution < -0.4 is 15.4 Å². The summed E-state index contributed by atoms with van der Waals surface area (Å²) in [5.74, 6) is 0.517. The van der Waals surface area contributed by atoms with Gasteiger partial charge in [-0.1, -0.05) is 24.3 Å². The fourth-order valence-electron chi connectivity index (χ4n) is 1.94. The van der Waals surface area contributed by atoms with Crippen molar-refractivity contribution in [3.8, 4) is 5.75 Å². The Labute approximate surface area is 118 Å². The lowest BCUT2D eigenvalue weighted by atomic mass is 10.3. The molecular formula is C16H18N2O2. The molecule has 0 radical (unpaired) electrons. The third kappa shape index (κ3) is 3.51. The molecule has 2 rings (SSSR count). The van der Waals surface area contributed by atoms with Crippen LogP contribution in [0.2, 0.25) is 0 Å². The van der Waals surface area contributed by atoms with Gasteiger partial charge >= 0.3 is 0 Å². The van der Waals surface area contributed by atoms with E-state index in [-0.39, 0.29) is 12.5 Å². The number of nitrogens with zero attached hydrogens (tertiary/aromatic N) is 1. The molecule has 0 aliphatic heterocycles. The van der Waals surface area contributed by atoms with Crippen LogP contribution in [0.4, 0.5) is 11.4 Å². The minimum atomic E-state index is -0.0823. The van der Waals surface area contributed by atoms with Crippen molar-refractivity contribution in [2.75, 3.05) is 23.8 Å². The molecule has 1 amide bonds. The third-order valence-corrected chi connectivity index (χ3v) is 2.91. The first-order valence-corrected chi connectivity index (χ1v) is 6.54. The number of benzene rings is 2. The van der Waals surface area contributed by atoms with Gasteiger partial charge in [0, 0.05) is 24.0 Å². The molecule has 0 atom stereocenters. The van der Waals surface area contributed by atoms with Crippen LogP contribution in [0, 0.1) is 0 Å². The predicted molar refractivity (Wildman–Crippen MR) is 80.8 cm³/mol. The van der Waals surface area contributed by atoms with E-state index in [1.54, 1.807) is 29.2 Å². The molecule has 0 aromatic heterocycles. The summed E-state index contributed by atoms with van der Waals surface area (Å²) in [5.41, 5.74) is 7.15. The van der Waals surface area contributed by atoms with Gasteiger partial charge in [0.1, 0.15) is 5.75 Å². The van der Waals surface area contributed by atoms with Gasteiger partial charge in [-0.15, -0.1) is 0 Å². The van der Waals surface area contributed by atoms with E-state index in [1.807, 2.05) is 37.3 Å². The maximum absolute atomic E-state index is 12.2. The molecule has 0 saturated heterocycles. The number of likely N-dealkylation sites (N-methyl/N-ethyl adjacent to an activating group) is 1. The minimum absolute atomic E-state index is 0.00775. The second-order valence-corrected chi connectivity index (χ2v) is 4.33. The second-order valence-electron chi connectivity index (χ2n) is 4.33. The van der Waals surface area contributed by atoms with Crippen LogP contribution >= 0.6 is 0 Å². The average molecular weight is 270 g/mol. The van der Waals surface area contributed by atoms with Crippen molar-refractivity contribution >= 4 is 17.3 Å². The summed E-state index contributed by atoms with van der Waals surface area (Å²) in [7, 11) is 0. The van der Waals surface area contributed by atoms with E-state index in [0.717, 1.165) is 5.69 Å². The van der Waals surface area contributed by atoms with Gasteiger partial charge in [-0.3, -0.25) is 4.79 Å². The fourth-order valence-corrected chi connectivity index (χ4v) is 1.94. The molecule has 0 saturated carbocycles. The quantitative estimate of drug-likeness (QED) is 0.850. The van der Waals surface area contributed by atoms with E-state index in [2.05, 4.69) is 0 Å². The number of anilines is 2. The molecule has 4 heteroatoms. The van der Waals surface area contributed by atoms with Crippen molar-refractivity contribution in [2.24, 2.45) is 0 Å². The van der Waals surface area contributed by atoms with Gasteiger partial charge in [-0.25, -0.2) is 0 Å². The number of carbonyl (C=O) groups is 1. The maximum Gasteiger partial charge on any atom is 0.264 e. The third-order valence-electron chi connectivity index (χ3n) is 2.91. The number of nitrogen functional groups attached to an aromatic ring is 1. The van der Waals surface area contributed by atoms with Gasteiger partial charge < -0.3 is 15.4 Å². The lowest BCUT2D eigenvalue weighted by molar-refractivity contribution is -0.120. The first kappa shape index (κ1) is 13.9. The smallest absolute Gasteiger partial charge is 0.264 e. The van der Waals surface area contributed by atoms with Crippen molar-refractivity contribution in [3.05, 3.63) is 54.6 Å². The molecule has 2 aromatic rings. The van der Waals surface area contributed by atoms with E-state index in [9.17, 15) is 4.79 Å². The molecule has 104 valence electrons. The van der Waals surface area contributed by atoms with Crippen LogP contribution in [-0.2, 0) is 4.79 Å². The van der Waals surface area contributed by atoms with E-state index in [0.29, 0.717) is 18.0 Å². The van der Waals surface area contributed by atoms with Gasteiger partial charge in [0.05, 0.1) is 0 Å². The zero-order valence-corrected chi connectivity index (χ0v) is 11.5. The maximum atomic E-state index is 12.2. The van der Waals surface area contributed by atoms with Crippen LogP contribution in [0.5, 0.6) is 5.75 Å². The molecular weight excluding hydrogens is 252 g/mol. The van der Waals surface area contributed by atoms with Crippen LogP contribution in [0.1, 0.15) is 6.92 Å². The van der Waals surface area contributed by atoms with Gasteiger partial charge in [-0.2, -0.15) is 0 Å². The molecule has 0 aliphatic carbocycles. The topological polar surface area (TPSA) is 55.6 Å². The van der Waals surface area contributed by atoms with Gasteiger partial charge in [0.25, 0.3) is 5.91 Å². The highest BCUT2D eigenvalue weighted by atomic mass is 16.5. The Morgan fingerprint density at radius 1 is 1.15 bits per heavy atom. The standard InChI is InChI=1S/C16H18N2O2/c1-2-18(14-8-4-3-5-9-14)16(19)12-20-15-10-6-7-13(17)11-15/h3-11H,2,12,17H2,1H3. The number of hydrogen-bond donors (Lipinski definition) is 1. The molecule has 0 heterocycles. The summed E-state index contributed by atoms with van der Waals surface area (Å²) < 4.78 is 5.48. The predicted octanol–water partition coefficient (Wildman–Crippen LogP) is 2.70. The number of nitrogens with two attached hydrogens (primary N) is 1. The lowest BCUT2D eigenvalue weighted by Crippen LogP contribution is -2.34. The molecule has 2 N–H and O–H groups in total. The first-order valence-electron chi connectivity index (χ1n) is 6.54. The number of carbonyl (C=O) groups excluding carboxylic acids is 1. The van der Waals surface area contributed by atoms with Crippen LogP contribution in [-0.4, -0.2) is 19.1 Å². The molecule has 0 spiro atoms. The normalized spacial score (nSPS) is 10.1. The molecule has 20 heavy (non-hydrogen) atoms. The van der Waals surface area contributed by atoms with Crippen molar-refractivity contribution in [1.29, 1.82) is 0 Å². The zero-order chi connectivity index (χ0) is 14.4. The minimum Gasteiger partial charge on any atom is -0.484 e. The molecule has 0 fully saturated rings. The van der Waals surface area contributed by atoms with E-state index in [4.69, 9.17) is 10.5 Å². The number of ether oxygens (including phenoxy) is 1. The average Bonchev–Trinajstić information content (AvgIpc) is 2.47. The Bertz CT molecular complexity index is 570. The summed E-state index contributed by atoms with van der Waals surface area (Å²) >= 11 is 0. The number of para-hydroxylation sites is 1. The molecule has 0 bridgehead atoms. The number of rotatable bonds is 5. The monoisotopic (exact) mass is 270 g/mol. The van der Waals surface area contributed by atoms with Crippen molar-refractivity contribution in [1.82, 2.24) is 0 Å². The van der Waals surface area contributed by atoms with Gasteiger partial charge in [0.2, 0.25) is 0 Å². The summed E-state index contributed by atoms with van der Waals surface area (Å²) in [6.07, 6.45) is 0. The summed E-state index contributed by atoms with van der Waals surface area (Å²) in [6, 6.07) is 16.6. The number of amides is 1. The highest BCUT2D eigenvalue weighted by Crippen LogP contribution is 2.16. The first-order chi connectivity index (χ1) is 9.70. The van der Waals surface area contributed by atoms with Gasteiger partial charge in [0.15, 0.2) is 6.61 Å². The summed E-state index contributed by atoms with van der Waals surface area (Å²) in [4.78, 5) is 13.9. The van der Waals surface area contributed by atoms with E-state index in [1.165, 1.54) is 0 Å². The van der Waals surface area contributed by atoms with Crippen molar-refractivity contribution in [3.63, 3.8) is 0 Å². The SMILES string of the molecule is CCN(C(=O)COc1cccc(N)c1)c1ccccc1. The van der Waals surface area contributed by atoms with Gasteiger partial charge in [-0.05, 0) is 31.2 Å². The van der Waals surface area contributed by atoms with Crippen molar-refractivity contribution in [2.45, 2.75) is 6.92 Å². The Hall–Kier alpha value is -2.49. The molecule has 0 aliphatic rings. The summed E-state index contributed by atoms with van der Waals surface area (Å²) in [6.45, 7) is 2.53. The van der Waals surface area contributed by atoms with Crippen LogP contribution in [0.15, 0.2) is 54.6 Å². The van der Waals surface area contributed by atoms with E-state index < -0.39 is 0 Å². The fraction of sp³-hybridized carbons (Fsp3) is 0.188. The van der Waals surface area contributed by atoms with Crippen LogP contribution in [0.25, 0.3) is 0 Å². The Kier molecular flexibility index (Phi) is 4.60.